The fourth-order valence-electron chi connectivity index (χ4n) is 4.15. The van der Waals surface area contributed by atoms with Crippen molar-refractivity contribution in [2.75, 3.05) is 25.1 Å². The summed E-state index contributed by atoms with van der Waals surface area (Å²) in [6.07, 6.45) is 3.23. The molecule has 28 heavy (non-hydrogen) atoms. The summed E-state index contributed by atoms with van der Waals surface area (Å²) in [6.45, 7) is 5.84. The SMILES string of the molecule is CC(C)COC(=O)c1ccc2c(c1)NC[C@@]1(CCCc3cc(Cl)ccc31)CO2. The molecule has 4 nitrogen and oxygen atoms in total. The predicted octanol–water partition coefficient (Wildman–Crippen LogP) is 5.23. The molecular formula is C23H26ClNO3. The van der Waals surface area contributed by atoms with Crippen molar-refractivity contribution in [3.63, 3.8) is 0 Å². The second-order valence-electron chi connectivity index (χ2n) is 8.28. The molecule has 148 valence electrons. The predicted molar refractivity (Wildman–Crippen MR) is 112 cm³/mol. The third kappa shape index (κ3) is 3.70. The van der Waals surface area contributed by atoms with Gasteiger partial charge in [-0.2, -0.15) is 0 Å². The second kappa shape index (κ2) is 7.67. The lowest BCUT2D eigenvalue weighted by Crippen LogP contribution is -2.41. The number of esters is 1. The first-order valence-corrected chi connectivity index (χ1v) is 10.3. The molecule has 0 aromatic heterocycles. The summed E-state index contributed by atoms with van der Waals surface area (Å²) in [4.78, 5) is 12.3. The van der Waals surface area contributed by atoms with Gasteiger partial charge in [-0.15, -0.1) is 0 Å². The molecule has 0 saturated heterocycles. The largest absolute Gasteiger partial charge is 0.490 e. The summed E-state index contributed by atoms with van der Waals surface area (Å²) >= 11 is 6.21. The molecule has 2 aromatic rings. The number of fused-ring (bicyclic) bond motifs is 3. The number of carbonyl (C=O) groups is 1. The van der Waals surface area contributed by atoms with E-state index >= 15 is 0 Å². The zero-order chi connectivity index (χ0) is 19.7. The number of nitrogens with one attached hydrogen (secondary N) is 1. The number of aryl methyl sites for hydroxylation is 1. The molecule has 2 aliphatic rings. The van der Waals surface area contributed by atoms with Crippen LogP contribution in [-0.4, -0.2) is 25.7 Å². The van der Waals surface area contributed by atoms with Crippen molar-refractivity contribution in [1.82, 2.24) is 0 Å². The number of ether oxygens (including phenoxy) is 2. The lowest BCUT2D eigenvalue weighted by atomic mass is 9.70. The monoisotopic (exact) mass is 399 g/mol. The van der Waals surface area contributed by atoms with Crippen LogP contribution in [0, 0.1) is 5.92 Å². The van der Waals surface area contributed by atoms with Crippen LogP contribution in [0.5, 0.6) is 5.75 Å². The summed E-state index contributed by atoms with van der Waals surface area (Å²) in [6, 6.07) is 11.7. The molecule has 1 heterocycles. The van der Waals surface area contributed by atoms with Gasteiger partial charge in [0.25, 0.3) is 0 Å². The molecule has 0 radical (unpaired) electrons. The minimum atomic E-state index is -0.296. The number of halogens is 1. The molecule has 0 bridgehead atoms. The van der Waals surface area contributed by atoms with Crippen LogP contribution >= 0.6 is 11.6 Å². The number of rotatable bonds is 3. The zero-order valence-corrected chi connectivity index (χ0v) is 17.1. The van der Waals surface area contributed by atoms with Gasteiger partial charge in [0.1, 0.15) is 5.75 Å². The van der Waals surface area contributed by atoms with Crippen LogP contribution < -0.4 is 10.1 Å². The Labute approximate surface area is 171 Å². The molecule has 0 amide bonds. The smallest absolute Gasteiger partial charge is 0.338 e. The molecular weight excluding hydrogens is 374 g/mol. The Morgan fingerprint density at radius 1 is 1.29 bits per heavy atom. The van der Waals surface area contributed by atoms with E-state index in [1.54, 1.807) is 6.07 Å². The lowest BCUT2D eigenvalue weighted by Gasteiger charge is -2.37. The van der Waals surface area contributed by atoms with Crippen LogP contribution in [0.1, 0.15) is 48.2 Å². The van der Waals surface area contributed by atoms with Crippen molar-refractivity contribution in [3.05, 3.63) is 58.1 Å². The average Bonchev–Trinajstić information content (AvgIpc) is 2.86. The van der Waals surface area contributed by atoms with Gasteiger partial charge in [-0.05, 0) is 66.6 Å². The summed E-state index contributed by atoms with van der Waals surface area (Å²) < 4.78 is 11.6. The number of carbonyl (C=O) groups excluding carboxylic acids is 1. The molecule has 1 atom stereocenters. The van der Waals surface area contributed by atoms with Crippen LogP contribution in [0.25, 0.3) is 0 Å². The maximum atomic E-state index is 12.3. The van der Waals surface area contributed by atoms with E-state index in [9.17, 15) is 4.79 Å². The first kappa shape index (κ1) is 19.1. The van der Waals surface area contributed by atoms with E-state index in [1.807, 2.05) is 32.0 Å². The zero-order valence-electron chi connectivity index (χ0n) is 16.4. The topological polar surface area (TPSA) is 47.6 Å². The maximum Gasteiger partial charge on any atom is 0.338 e. The van der Waals surface area contributed by atoms with Crippen molar-refractivity contribution < 1.29 is 14.3 Å². The average molecular weight is 400 g/mol. The fraction of sp³-hybridized carbons (Fsp3) is 0.435. The van der Waals surface area contributed by atoms with Crippen LogP contribution in [0.2, 0.25) is 5.02 Å². The quantitative estimate of drug-likeness (QED) is 0.718. The van der Waals surface area contributed by atoms with E-state index in [2.05, 4.69) is 17.4 Å². The van der Waals surface area contributed by atoms with Crippen molar-refractivity contribution in [1.29, 1.82) is 0 Å². The van der Waals surface area contributed by atoms with Gasteiger partial charge in [-0.3, -0.25) is 0 Å². The Morgan fingerprint density at radius 3 is 2.96 bits per heavy atom. The van der Waals surface area contributed by atoms with E-state index in [0.717, 1.165) is 42.3 Å². The summed E-state index contributed by atoms with van der Waals surface area (Å²) in [5, 5.41) is 4.32. The van der Waals surface area contributed by atoms with Gasteiger partial charge in [0.2, 0.25) is 0 Å². The van der Waals surface area contributed by atoms with Gasteiger partial charge in [0, 0.05) is 17.0 Å². The van der Waals surface area contributed by atoms with E-state index < -0.39 is 0 Å². The van der Waals surface area contributed by atoms with E-state index in [1.165, 1.54) is 11.1 Å². The lowest BCUT2D eigenvalue weighted by molar-refractivity contribution is 0.0459. The van der Waals surface area contributed by atoms with E-state index in [-0.39, 0.29) is 11.4 Å². The molecule has 0 unspecified atom stereocenters. The highest BCUT2D eigenvalue weighted by molar-refractivity contribution is 6.30. The van der Waals surface area contributed by atoms with Gasteiger partial charge in [0.05, 0.1) is 24.5 Å². The highest BCUT2D eigenvalue weighted by Crippen LogP contribution is 2.42. The minimum absolute atomic E-state index is 0.0878. The van der Waals surface area contributed by atoms with Crippen molar-refractivity contribution in [2.45, 2.75) is 38.5 Å². The summed E-state index contributed by atoms with van der Waals surface area (Å²) in [7, 11) is 0. The first-order valence-electron chi connectivity index (χ1n) is 9.94. The number of hydrogen-bond donors (Lipinski definition) is 1. The number of benzene rings is 2. The fourth-order valence-corrected chi connectivity index (χ4v) is 4.34. The summed E-state index contributed by atoms with van der Waals surface area (Å²) in [5.41, 5.74) is 3.93. The summed E-state index contributed by atoms with van der Waals surface area (Å²) in [5.74, 6) is 0.791. The van der Waals surface area contributed by atoms with Crippen molar-refractivity contribution in [2.24, 2.45) is 5.92 Å². The highest BCUT2D eigenvalue weighted by Gasteiger charge is 2.39. The Bertz CT molecular complexity index is 895. The van der Waals surface area contributed by atoms with Crippen LogP contribution in [0.4, 0.5) is 5.69 Å². The highest BCUT2D eigenvalue weighted by atomic mass is 35.5. The third-order valence-electron chi connectivity index (χ3n) is 5.62. The standard InChI is InChI=1S/C23H26ClNO3/c1-15(2)12-27-22(26)17-5-8-21-20(11-17)25-13-23(14-28-21)9-3-4-16-10-18(24)6-7-19(16)23/h5-8,10-11,15,25H,3-4,9,12-14H2,1-2H3/t23-/m0/s1. The Kier molecular flexibility index (Phi) is 5.24. The normalized spacial score (nSPS) is 20.6. The minimum Gasteiger partial charge on any atom is -0.490 e. The maximum absolute atomic E-state index is 12.3. The molecule has 5 heteroatoms. The molecule has 4 rings (SSSR count). The number of anilines is 1. The molecule has 0 saturated carbocycles. The van der Waals surface area contributed by atoms with Crippen LogP contribution in [-0.2, 0) is 16.6 Å². The van der Waals surface area contributed by atoms with E-state index in [0.29, 0.717) is 24.7 Å². The Morgan fingerprint density at radius 2 is 2.14 bits per heavy atom. The Hall–Kier alpha value is -2.20. The molecule has 1 aliphatic carbocycles. The first-order chi connectivity index (χ1) is 13.5. The van der Waals surface area contributed by atoms with Gasteiger partial charge in [-0.25, -0.2) is 4.79 Å². The van der Waals surface area contributed by atoms with Crippen molar-refractivity contribution in [3.8, 4) is 5.75 Å². The van der Waals surface area contributed by atoms with Gasteiger partial charge in [-0.1, -0.05) is 31.5 Å². The molecule has 1 aliphatic heterocycles. The molecule has 2 aromatic carbocycles. The molecule has 0 fully saturated rings. The van der Waals surface area contributed by atoms with Gasteiger partial charge >= 0.3 is 5.97 Å². The Balaban J connectivity index is 1.57. The molecule has 1 N–H and O–H groups in total. The van der Waals surface area contributed by atoms with Gasteiger partial charge in [0.15, 0.2) is 0 Å². The third-order valence-corrected chi connectivity index (χ3v) is 5.86. The van der Waals surface area contributed by atoms with Crippen LogP contribution in [0.15, 0.2) is 36.4 Å². The molecule has 1 spiro atoms. The second-order valence-corrected chi connectivity index (χ2v) is 8.72. The van der Waals surface area contributed by atoms with Crippen molar-refractivity contribution >= 4 is 23.3 Å². The van der Waals surface area contributed by atoms with E-state index in [4.69, 9.17) is 21.1 Å². The number of hydrogen-bond acceptors (Lipinski definition) is 4. The van der Waals surface area contributed by atoms with Crippen LogP contribution in [0.3, 0.4) is 0 Å². The van der Waals surface area contributed by atoms with Gasteiger partial charge < -0.3 is 14.8 Å².